The van der Waals surface area contributed by atoms with Crippen molar-refractivity contribution in [3.05, 3.63) is 51.7 Å². The molecule has 0 fully saturated rings. The highest BCUT2D eigenvalue weighted by Gasteiger charge is 2.31. The Hall–Kier alpha value is -3.06. The van der Waals surface area contributed by atoms with Crippen LogP contribution in [0.5, 0.6) is 5.75 Å². The lowest BCUT2D eigenvalue weighted by Crippen LogP contribution is -2.17. The van der Waals surface area contributed by atoms with Crippen LogP contribution in [0.1, 0.15) is 64.8 Å². The van der Waals surface area contributed by atoms with Crippen molar-refractivity contribution in [3.8, 4) is 5.75 Å². The second kappa shape index (κ2) is 12.9. The molecule has 0 saturated heterocycles. The van der Waals surface area contributed by atoms with E-state index in [-0.39, 0.29) is 24.0 Å². The number of rotatable bonds is 9. The minimum Gasteiger partial charge on any atom is -0.486 e. The molecule has 0 spiro atoms. The Morgan fingerprint density at radius 3 is 2.64 bits per heavy atom. The summed E-state index contributed by atoms with van der Waals surface area (Å²) in [6.07, 6.45) is 1.48. The first kappa shape index (κ1) is 28.9. The van der Waals surface area contributed by atoms with E-state index < -0.39 is 17.7 Å². The second-order valence-electron chi connectivity index (χ2n) is 8.91. The Kier molecular flexibility index (Phi) is 9.54. The highest BCUT2D eigenvalue weighted by molar-refractivity contribution is 7.99. The van der Waals surface area contributed by atoms with Crippen LogP contribution in [0, 0.1) is 0 Å². The molecule has 0 atom stereocenters. The number of nitrogens with zero attached hydrogens (tertiary/aromatic N) is 3. The van der Waals surface area contributed by atoms with E-state index in [1.807, 2.05) is 6.92 Å². The summed E-state index contributed by atoms with van der Waals surface area (Å²) >= 11 is 2.61. The number of thiophene rings is 1. The molecular formula is C26H29F3N4O4S2. The molecule has 2 heterocycles. The molecule has 2 aromatic heterocycles. The van der Waals surface area contributed by atoms with Crippen molar-refractivity contribution in [1.29, 1.82) is 0 Å². The van der Waals surface area contributed by atoms with Crippen molar-refractivity contribution in [3.63, 3.8) is 0 Å². The van der Waals surface area contributed by atoms with E-state index in [0.717, 1.165) is 61.1 Å². The lowest BCUT2D eigenvalue weighted by atomic mass is 9.96. The van der Waals surface area contributed by atoms with Crippen LogP contribution in [-0.2, 0) is 41.7 Å². The number of hydrogen-bond acceptors (Lipinski definition) is 8. The Labute approximate surface area is 232 Å². The molecule has 0 bridgehead atoms. The maximum Gasteiger partial charge on any atom is 0.416 e. The third kappa shape index (κ3) is 7.13. The average Bonchev–Trinajstić information content (AvgIpc) is 3.45. The van der Waals surface area contributed by atoms with Gasteiger partial charge in [-0.2, -0.15) is 13.2 Å². The third-order valence-electron chi connectivity index (χ3n) is 6.29. The van der Waals surface area contributed by atoms with Gasteiger partial charge in [0.15, 0.2) is 11.0 Å². The number of anilines is 1. The predicted molar refractivity (Wildman–Crippen MR) is 142 cm³/mol. The molecule has 1 amide bonds. The van der Waals surface area contributed by atoms with Crippen LogP contribution >= 0.6 is 23.1 Å². The molecule has 1 N–H and O–H groups in total. The van der Waals surface area contributed by atoms with Crippen LogP contribution in [0.3, 0.4) is 0 Å². The van der Waals surface area contributed by atoms with Crippen molar-refractivity contribution in [2.24, 2.45) is 0 Å². The van der Waals surface area contributed by atoms with E-state index in [2.05, 4.69) is 15.5 Å². The number of halogens is 3. The first-order chi connectivity index (χ1) is 18.7. The monoisotopic (exact) mass is 582 g/mol. The molecule has 0 unspecified atom stereocenters. The first-order valence-electron chi connectivity index (χ1n) is 12.6. The van der Waals surface area contributed by atoms with E-state index in [0.29, 0.717) is 28.1 Å². The van der Waals surface area contributed by atoms with E-state index >= 15 is 0 Å². The van der Waals surface area contributed by atoms with Crippen LogP contribution in [0.4, 0.5) is 18.2 Å². The summed E-state index contributed by atoms with van der Waals surface area (Å²) < 4.78 is 51.2. The summed E-state index contributed by atoms with van der Waals surface area (Å²) in [6, 6.07) is 4.63. The van der Waals surface area contributed by atoms with Gasteiger partial charge in [-0.1, -0.05) is 30.7 Å². The standard InChI is InChI=1S/C26H29F3N4O4S2/c1-3-33-20(14-37-17-10-8-9-16(13-17)26(27,28)29)31-32-25(33)38-15-21(34)30-23-22(24(35)36-2)18-11-6-4-5-7-12-19(18)39-23/h8-10,13H,3-7,11-12,14-15H2,1-2H3,(H,30,34). The van der Waals surface area contributed by atoms with Crippen molar-refractivity contribution in [2.75, 3.05) is 18.2 Å². The fourth-order valence-corrected chi connectivity index (χ4v) is 6.49. The summed E-state index contributed by atoms with van der Waals surface area (Å²) in [5.74, 6) is -0.242. The van der Waals surface area contributed by atoms with Gasteiger partial charge in [0, 0.05) is 11.4 Å². The van der Waals surface area contributed by atoms with Crippen LogP contribution < -0.4 is 10.1 Å². The van der Waals surface area contributed by atoms with Gasteiger partial charge >= 0.3 is 12.1 Å². The van der Waals surface area contributed by atoms with Crippen molar-refractivity contribution < 1.29 is 32.2 Å². The number of thioether (sulfide) groups is 1. The summed E-state index contributed by atoms with van der Waals surface area (Å²) in [6.45, 7) is 2.26. The number of hydrogen-bond donors (Lipinski definition) is 1. The molecule has 1 aliphatic carbocycles. The van der Waals surface area contributed by atoms with E-state index in [9.17, 15) is 22.8 Å². The fraction of sp³-hybridized carbons (Fsp3) is 0.462. The number of nitrogens with one attached hydrogen (secondary N) is 1. The zero-order valence-corrected chi connectivity index (χ0v) is 23.2. The van der Waals surface area contributed by atoms with Crippen molar-refractivity contribution in [2.45, 2.75) is 69.9 Å². The van der Waals surface area contributed by atoms with Gasteiger partial charge in [0.1, 0.15) is 17.4 Å². The average molecular weight is 583 g/mol. The number of esters is 1. The van der Waals surface area contributed by atoms with Gasteiger partial charge in [-0.25, -0.2) is 4.79 Å². The molecule has 0 saturated carbocycles. The minimum absolute atomic E-state index is 0.0236. The van der Waals surface area contributed by atoms with Crippen molar-refractivity contribution >= 4 is 40.0 Å². The number of aryl methyl sites for hydroxylation is 1. The lowest BCUT2D eigenvalue weighted by Gasteiger charge is -2.11. The number of carbonyl (C=O) groups excluding carboxylic acids is 2. The van der Waals surface area contributed by atoms with Gasteiger partial charge in [-0.3, -0.25) is 4.79 Å². The van der Waals surface area contributed by atoms with E-state index in [1.54, 1.807) is 4.57 Å². The minimum atomic E-state index is -4.47. The molecule has 4 rings (SSSR count). The van der Waals surface area contributed by atoms with Crippen LogP contribution in [-0.4, -0.2) is 39.5 Å². The number of aromatic nitrogens is 3. The molecule has 210 valence electrons. The number of benzene rings is 1. The second-order valence-corrected chi connectivity index (χ2v) is 11.0. The topological polar surface area (TPSA) is 95.3 Å². The molecule has 1 aromatic carbocycles. The Morgan fingerprint density at radius 1 is 1.15 bits per heavy atom. The predicted octanol–water partition coefficient (Wildman–Crippen LogP) is 6.13. The molecule has 0 radical (unpaired) electrons. The zero-order chi connectivity index (χ0) is 28.0. The number of ether oxygens (including phenoxy) is 2. The SMILES string of the molecule is CCn1c(COc2cccc(C(F)(F)F)c2)nnc1SCC(=O)Nc1sc2c(c1C(=O)OC)CCCCCC2. The number of fused-ring (bicyclic) bond motifs is 1. The Balaban J connectivity index is 1.41. The highest BCUT2D eigenvalue weighted by Crippen LogP contribution is 2.38. The van der Waals surface area contributed by atoms with Crippen LogP contribution in [0.25, 0.3) is 0 Å². The van der Waals surface area contributed by atoms with Gasteiger partial charge in [-0.15, -0.1) is 21.5 Å². The number of alkyl halides is 3. The summed E-state index contributed by atoms with van der Waals surface area (Å²) in [4.78, 5) is 26.6. The van der Waals surface area contributed by atoms with Crippen molar-refractivity contribution in [1.82, 2.24) is 14.8 Å². The Bertz CT molecular complexity index is 1320. The van der Waals surface area contributed by atoms with Gasteiger partial charge in [0.2, 0.25) is 5.91 Å². The summed E-state index contributed by atoms with van der Waals surface area (Å²) in [5.41, 5.74) is 0.626. The van der Waals surface area contributed by atoms with E-state index in [1.165, 1.54) is 42.3 Å². The molecule has 39 heavy (non-hydrogen) atoms. The summed E-state index contributed by atoms with van der Waals surface area (Å²) in [5, 5.41) is 12.1. The fourth-order valence-electron chi connectivity index (χ4n) is 4.38. The van der Waals surface area contributed by atoms with Crippen LogP contribution in [0.15, 0.2) is 29.4 Å². The number of amides is 1. The smallest absolute Gasteiger partial charge is 0.416 e. The molecule has 13 heteroatoms. The number of carbonyl (C=O) groups is 2. The molecule has 8 nitrogen and oxygen atoms in total. The quantitative estimate of drug-likeness (QED) is 0.239. The lowest BCUT2D eigenvalue weighted by molar-refractivity contribution is -0.137. The van der Waals surface area contributed by atoms with Gasteiger partial charge in [0.25, 0.3) is 0 Å². The normalized spacial score (nSPS) is 13.8. The third-order valence-corrected chi connectivity index (χ3v) is 8.46. The molecule has 0 aliphatic heterocycles. The maximum absolute atomic E-state index is 13.0. The van der Waals surface area contributed by atoms with E-state index in [4.69, 9.17) is 9.47 Å². The zero-order valence-electron chi connectivity index (χ0n) is 21.6. The highest BCUT2D eigenvalue weighted by atomic mass is 32.2. The maximum atomic E-state index is 13.0. The van der Waals surface area contributed by atoms with Gasteiger partial charge < -0.3 is 19.4 Å². The largest absolute Gasteiger partial charge is 0.486 e. The summed E-state index contributed by atoms with van der Waals surface area (Å²) in [7, 11) is 1.34. The number of methoxy groups -OCH3 is 1. The molecular weight excluding hydrogens is 553 g/mol. The molecule has 1 aliphatic rings. The Morgan fingerprint density at radius 2 is 1.92 bits per heavy atom. The van der Waals surface area contributed by atoms with Gasteiger partial charge in [-0.05, 0) is 56.4 Å². The van der Waals surface area contributed by atoms with Gasteiger partial charge in [0.05, 0.1) is 24.0 Å². The molecule has 3 aromatic rings. The van der Waals surface area contributed by atoms with Crippen LogP contribution in [0.2, 0.25) is 0 Å². The first-order valence-corrected chi connectivity index (χ1v) is 14.4.